The van der Waals surface area contributed by atoms with Gasteiger partial charge in [0, 0.05) is 17.7 Å². The number of benzene rings is 1. The summed E-state index contributed by atoms with van der Waals surface area (Å²) in [5, 5.41) is 3.20. The van der Waals surface area contributed by atoms with Gasteiger partial charge in [0.1, 0.15) is 0 Å². The fourth-order valence-electron chi connectivity index (χ4n) is 2.00. The van der Waals surface area contributed by atoms with Crippen LogP contribution in [0, 0.1) is 0 Å². The van der Waals surface area contributed by atoms with E-state index in [-0.39, 0.29) is 5.91 Å². The summed E-state index contributed by atoms with van der Waals surface area (Å²) in [5.41, 5.74) is 6.95. The molecule has 0 aromatic heterocycles. The highest BCUT2D eigenvalue weighted by Gasteiger charge is 2.42. The van der Waals surface area contributed by atoms with Crippen LogP contribution in [0.3, 0.4) is 0 Å². The van der Waals surface area contributed by atoms with Crippen molar-refractivity contribution < 1.29 is 9.53 Å². The number of hydrazine groups is 1. The predicted octanol–water partition coefficient (Wildman–Crippen LogP) is -0.335. The van der Waals surface area contributed by atoms with E-state index in [2.05, 4.69) is 16.2 Å². The van der Waals surface area contributed by atoms with Gasteiger partial charge in [-0.25, -0.2) is 0 Å². The molecule has 2 heterocycles. The van der Waals surface area contributed by atoms with Crippen LogP contribution in [-0.2, 0) is 10.6 Å². The number of nitrogens with one attached hydrogen (secondary N) is 3. The third kappa shape index (κ3) is 1.18. The minimum Gasteiger partial charge on any atom is -0.341 e. The Morgan fingerprint density at radius 3 is 3.00 bits per heavy atom. The average molecular weight is 205 g/mol. The summed E-state index contributed by atoms with van der Waals surface area (Å²) in [4.78, 5) is 11.6. The molecule has 15 heavy (non-hydrogen) atoms. The molecule has 2 aliphatic heterocycles. The molecule has 1 unspecified atom stereocenters. The molecule has 1 aromatic rings. The van der Waals surface area contributed by atoms with Crippen LogP contribution in [0.25, 0.3) is 0 Å². The zero-order valence-corrected chi connectivity index (χ0v) is 8.04. The summed E-state index contributed by atoms with van der Waals surface area (Å²) < 4.78 is 5.62. The number of carbonyl (C=O) groups is 1. The topological polar surface area (TPSA) is 62.4 Å². The molecule has 0 aliphatic carbocycles. The summed E-state index contributed by atoms with van der Waals surface area (Å²) in [7, 11) is 0. The van der Waals surface area contributed by atoms with Gasteiger partial charge in [0.15, 0.2) is 0 Å². The molecule has 1 spiro atoms. The van der Waals surface area contributed by atoms with E-state index >= 15 is 0 Å². The van der Waals surface area contributed by atoms with Gasteiger partial charge in [-0.3, -0.25) is 15.5 Å². The molecule has 2 aliphatic rings. The van der Waals surface area contributed by atoms with E-state index in [1.54, 1.807) is 6.07 Å². The van der Waals surface area contributed by atoms with Gasteiger partial charge in [-0.1, -0.05) is 18.2 Å². The van der Waals surface area contributed by atoms with Crippen LogP contribution in [0.1, 0.15) is 15.9 Å². The maximum atomic E-state index is 11.6. The van der Waals surface area contributed by atoms with Crippen molar-refractivity contribution >= 4 is 5.91 Å². The van der Waals surface area contributed by atoms with E-state index in [9.17, 15) is 4.79 Å². The minimum atomic E-state index is -0.746. The lowest BCUT2D eigenvalue weighted by atomic mass is 10.0. The minimum absolute atomic E-state index is 0.131. The van der Waals surface area contributed by atoms with Gasteiger partial charge in [-0.2, -0.15) is 5.43 Å². The molecule has 3 rings (SSSR count). The molecular weight excluding hydrogens is 194 g/mol. The van der Waals surface area contributed by atoms with Gasteiger partial charge < -0.3 is 4.74 Å². The Bertz CT molecular complexity index is 413. The van der Waals surface area contributed by atoms with Gasteiger partial charge >= 0.3 is 0 Å². The van der Waals surface area contributed by atoms with E-state index in [1.165, 1.54) is 0 Å². The van der Waals surface area contributed by atoms with Crippen LogP contribution in [0.15, 0.2) is 24.3 Å². The molecule has 0 saturated carbocycles. The van der Waals surface area contributed by atoms with E-state index in [4.69, 9.17) is 4.74 Å². The maximum absolute atomic E-state index is 11.6. The van der Waals surface area contributed by atoms with E-state index in [0.717, 1.165) is 12.1 Å². The third-order valence-electron chi connectivity index (χ3n) is 2.70. The number of hydrogen-bond donors (Lipinski definition) is 3. The molecule has 0 bridgehead atoms. The first kappa shape index (κ1) is 8.84. The number of fused-ring (bicyclic) bond motifs is 2. The Kier molecular flexibility index (Phi) is 1.79. The summed E-state index contributed by atoms with van der Waals surface area (Å²) in [6, 6.07) is 7.41. The molecule has 5 nitrogen and oxygen atoms in total. The Labute approximate surface area is 86.8 Å². The second-order valence-electron chi connectivity index (χ2n) is 3.58. The Balaban J connectivity index is 2.15. The van der Waals surface area contributed by atoms with Gasteiger partial charge in [0.2, 0.25) is 5.85 Å². The highest BCUT2D eigenvalue weighted by atomic mass is 16.5. The average Bonchev–Trinajstić information content (AvgIpc) is 2.74. The third-order valence-corrected chi connectivity index (χ3v) is 2.70. The van der Waals surface area contributed by atoms with Crippen molar-refractivity contribution in [2.45, 2.75) is 5.85 Å². The number of ether oxygens (including phenoxy) is 1. The largest absolute Gasteiger partial charge is 0.341 e. The van der Waals surface area contributed by atoms with Gasteiger partial charge in [-0.15, -0.1) is 0 Å². The van der Waals surface area contributed by atoms with Crippen LogP contribution in [0.4, 0.5) is 0 Å². The first-order chi connectivity index (χ1) is 7.32. The summed E-state index contributed by atoms with van der Waals surface area (Å²) in [5.74, 6) is -0.877. The van der Waals surface area contributed by atoms with E-state index in [1.807, 2.05) is 18.2 Å². The molecule has 1 aromatic carbocycles. The quantitative estimate of drug-likeness (QED) is 0.542. The van der Waals surface area contributed by atoms with Crippen LogP contribution in [0.5, 0.6) is 0 Å². The van der Waals surface area contributed by atoms with Crippen molar-refractivity contribution in [2.24, 2.45) is 0 Å². The molecule has 0 radical (unpaired) electrons. The van der Waals surface area contributed by atoms with E-state index < -0.39 is 5.85 Å². The van der Waals surface area contributed by atoms with Crippen molar-refractivity contribution in [3.63, 3.8) is 0 Å². The highest BCUT2D eigenvalue weighted by molar-refractivity contribution is 5.96. The van der Waals surface area contributed by atoms with Gasteiger partial charge in [-0.05, 0) is 6.07 Å². The van der Waals surface area contributed by atoms with Gasteiger partial charge in [0.05, 0.1) is 6.61 Å². The maximum Gasteiger partial charge on any atom is 0.266 e. The molecule has 5 heteroatoms. The lowest BCUT2D eigenvalue weighted by Gasteiger charge is -2.35. The molecule has 1 amide bonds. The Hall–Kier alpha value is -1.43. The smallest absolute Gasteiger partial charge is 0.266 e. The lowest BCUT2D eigenvalue weighted by Crippen LogP contribution is -2.62. The van der Waals surface area contributed by atoms with Crippen LogP contribution in [0.2, 0.25) is 0 Å². The zero-order chi connectivity index (χ0) is 10.3. The van der Waals surface area contributed by atoms with Crippen molar-refractivity contribution in [1.82, 2.24) is 16.2 Å². The SMILES string of the molecule is O=C1NNC2(NCCO2)c2ccccc21. The van der Waals surface area contributed by atoms with Crippen LogP contribution in [-0.4, -0.2) is 19.1 Å². The highest BCUT2D eigenvalue weighted by Crippen LogP contribution is 2.28. The number of hydrogen-bond acceptors (Lipinski definition) is 4. The van der Waals surface area contributed by atoms with Crippen molar-refractivity contribution in [3.05, 3.63) is 35.4 Å². The lowest BCUT2D eigenvalue weighted by molar-refractivity contribution is -0.0589. The van der Waals surface area contributed by atoms with Crippen LogP contribution < -0.4 is 16.2 Å². The fourth-order valence-corrected chi connectivity index (χ4v) is 2.00. The number of rotatable bonds is 0. The van der Waals surface area contributed by atoms with E-state index in [0.29, 0.717) is 12.2 Å². The number of amides is 1. The summed E-state index contributed by atoms with van der Waals surface area (Å²) in [6.07, 6.45) is 0. The molecule has 1 fully saturated rings. The predicted molar refractivity (Wildman–Crippen MR) is 52.7 cm³/mol. The molecule has 1 atom stereocenters. The first-order valence-corrected chi connectivity index (χ1v) is 4.88. The summed E-state index contributed by atoms with van der Waals surface area (Å²) in [6.45, 7) is 1.38. The van der Waals surface area contributed by atoms with Gasteiger partial charge in [0.25, 0.3) is 5.91 Å². The monoisotopic (exact) mass is 205 g/mol. The Morgan fingerprint density at radius 1 is 1.33 bits per heavy atom. The molecule has 78 valence electrons. The second kappa shape index (κ2) is 3.03. The number of carbonyl (C=O) groups excluding carboxylic acids is 1. The Morgan fingerprint density at radius 2 is 2.20 bits per heavy atom. The molecule has 1 saturated heterocycles. The normalized spacial score (nSPS) is 28.9. The second-order valence-corrected chi connectivity index (χ2v) is 3.58. The zero-order valence-electron chi connectivity index (χ0n) is 8.04. The molecular formula is C10H11N3O2. The van der Waals surface area contributed by atoms with Crippen molar-refractivity contribution in [1.29, 1.82) is 0 Å². The van der Waals surface area contributed by atoms with Crippen LogP contribution >= 0.6 is 0 Å². The van der Waals surface area contributed by atoms with Crippen molar-refractivity contribution in [2.75, 3.05) is 13.2 Å². The summed E-state index contributed by atoms with van der Waals surface area (Å²) >= 11 is 0. The fraction of sp³-hybridized carbons (Fsp3) is 0.300. The molecule has 3 N–H and O–H groups in total. The van der Waals surface area contributed by atoms with Crippen molar-refractivity contribution in [3.8, 4) is 0 Å². The standard InChI is InChI=1S/C10H11N3O2/c14-9-7-3-1-2-4-8(7)10(13-12-9)11-5-6-15-10/h1-4,11,13H,5-6H2,(H,12,14). The first-order valence-electron chi connectivity index (χ1n) is 4.88.